The van der Waals surface area contributed by atoms with E-state index in [4.69, 9.17) is 9.47 Å². The first-order valence-corrected chi connectivity index (χ1v) is 10.5. The van der Waals surface area contributed by atoms with Gasteiger partial charge in [-0.3, -0.25) is 9.59 Å². The average molecular weight is 376 g/mol. The lowest BCUT2D eigenvalue weighted by Crippen LogP contribution is -2.62. The Bertz CT molecular complexity index is 670. The van der Waals surface area contributed by atoms with Crippen molar-refractivity contribution in [3.8, 4) is 0 Å². The Balaban J connectivity index is 1.77. The summed E-state index contributed by atoms with van der Waals surface area (Å²) in [5.74, 6) is -0.633. The summed E-state index contributed by atoms with van der Waals surface area (Å²) in [6.07, 6.45) is 7.10. The molecular formula is C22H32O5. The van der Waals surface area contributed by atoms with E-state index in [1.807, 2.05) is 0 Å². The lowest BCUT2D eigenvalue weighted by atomic mass is 9.38. The molecule has 1 unspecified atom stereocenters. The molecule has 0 bridgehead atoms. The lowest BCUT2D eigenvalue weighted by Gasteiger charge is -2.64. The number of esters is 2. The quantitative estimate of drug-likeness (QED) is 0.540. The fourth-order valence-corrected chi connectivity index (χ4v) is 7.85. The highest BCUT2D eigenvalue weighted by atomic mass is 16.7. The topological polar surface area (TPSA) is 69.7 Å². The predicted octanol–water partition coefficient (Wildman–Crippen LogP) is 3.89. The van der Waals surface area contributed by atoms with Crippen LogP contribution in [0.15, 0.2) is 0 Å². The summed E-state index contributed by atoms with van der Waals surface area (Å²) in [6, 6.07) is 0. The number of cyclic esters (lactones) is 1. The Morgan fingerprint density at radius 1 is 1.11 bits per heavy atom. The van der Waals surface area contributed by atoms with Crippen LogP contribution in [0.5, 0.6) is 0 Å². The Morgan fingerprint density at radius 3 is 2.52 bits per heavy atom. The zero-order chi connectivity index (χ0) is 19.6. The highest BCUT2D eigenvalue weighted by molar-refractivity contribution is 5.78. The molecule has 0 aromatic rings. The van der Waals surface area contributed by atoms with Crippen molar-refractivity contribution in [2.24, 2.45) is 39.9 Å². The lowest BCUT2D eigenvalue weighted by molar-refractivity contribution is -0.211. The minimum Gasteiger partial charge on any atom is -0.425 e. The van der Waals surface area contributed by atoms with Gasteiger partial charge in [0.2, 0.25) is 0 Å². The molecule has 1 saturated heterocycles. The van der Waals surface area contributed by atoms with Gasteiger partial charge in [-0.05, 0) is 61.2 Å². The normalized spacial score (nSPS) is 47.9. The van der Waals surface area contributed by atoms with Gasteiger partial charge in [-0.1, -0.05) is 27.2 Å². The van der Waals surface area contributed by atoms with E-state index in [1.165, 1.54) is 19.8 Å². The summed E-state index contributed by atoms with van der Waals surface area (Å²) in [5, 5.41) is 0. The molecule has 0 radical (unpaired) electrons. The first-order valence-electron chi connectivity index (χ1n) is 10.5. The zero-order valence-corrected chi connectivity index (χ0v) is 17.0. The molecule has 4 aliphatic rings. The monoisotopic (exact) mass is 376 g/mol. The van der Waals surface area contributed by atoms with E-state index in [-0.39, 0.29) is 34.6 Å². The Labute approximate surface area is 161 Å². The van der Waals surface area contributed by atoms with Crippen LogP contribution in [0.2, 0.25) is 0 Å². The molecule has 5 nitrogen and oxygen atoms in total. The van der Waals surface area contributed by atoms with E-state index in [1.54, 1.807) is 0 Å². The second-order valence-corrected chi connectivity index (χ2v) is 10.3. The number of carbonyl (C=O) groups excluding carboxylic acids is 3. The highest BCUT2D eigenvalue weighted by Gasteiger charge is 2.69. The van der Waals surface area contributed by atoms with Crippen molar-refractivity contribution in [1.82, 2.24) is 0 Å². The van der Waals surface area contributed by atoms with E-state index in [2.05, 4.69) is 20.8 Å². The second-order valence-electron chi connectivity index (χ2n) is 10.3. The second kappa shape index (κ2) is 6.05. The van der Waals surface area contributed by atoms with Gasteiger partial charge in [-0.25, -0.2) is 0 Å². The van der Waals surface area contributed by atoms with Crippen LogP contribution in [0.4, 0.5) is 0 Å². The molecule has 0 N–H and O–H groups in total. The summed E-state index contributed by atoms with van der Waals surface area (Å²) in [4.78, 5) is 36.7. The smallest absolute Gasteiger partial charge is 0.312 e. The van der Waals surface area contributed by atoms with Crippen molar-refractivity contribution < 1.29 is 23.9 Å². The van der Waals surface area contributed by atoms with Crippen LogP contribution in [0.1, 0.15) is 72.6 Å². The number of rotatable bonds is 2. The average Bonchev–Trinajstić information content (AvgIpc) is 2.89. The van der Waals surface area contributed by atoms with Gasteiger partial charge in [0.15, 0.2) is 0 Å². The molecule has 7 atom stereocenters. The molecule has 0 spiro atoms. The highest BCUT2D eigenvalue weighted by Crippen LogP contribution is 2.69. The molecule has 3 saturated carbocycles. The molecule has 1 heterocycles. The van der Waals surface area contributed by atoms with Crippen LogP contribution in [0.25, 0.3) is 0 Å². The first-order chi connectivity index (χ1) is 12.7. The Morgan fingerprint density at radius 2 is 1.85 bits per heavy atom. The number of hydrogen-bond donors (Lipinski definition) is 0. The van der Waals surface area contributed by atoms with Crippen LogP contribution >= 0.6 is 0 Å². The third-order valence-corrected chi connectivity index (χ3v) is 8.74. The van der Waals surface area contributed by atoms with Gasteiger partial charge < -0.3 is 14.3 Å². The van der Waals surface area contributed by atoms with Crippen LogP contribution in [-0.4, -0.2) is 24.5 Å². The van der Waals surface area contributed by atoms with Crippen molar-refractivity contribution in [2.75, 3.05) is 0 Å². The van der Waals surface area contributed by atoms with Gasteiger partial charge in [0, 0.05) is 12.3 Å². The van der Waals surface area contributed by atoms with Crippen LogP contribution in [0, 0.1) is 39.9 Å². The summed E-state index contributed by atoms with van der Waals surface area (Å²) < 4.78 is 10.9. The molecular weight excluding hydrogens is 344 g/mol. The van der Waals surface area contributed by atoms with E-state index in [0.29, 0.717) is 5.92 Å². The van der Waals surface area contributed by atoms with Crippen molar-refractivity contribution in [1.29, 1.82) is 0 Å². The maximum Gasteiger partial charge on any atom is 0.312 e. The van der Waals surface area contributed by atoms with Crippen molar-refractivity contribution >= 4 is 18.2 Å². The summed E-state index contributed by atoms with van der Waals surface area (Å²) in [7, 11) is 0. The number of ether oxygens (including phenoxy) is 2. The summed E-state index contributed by atoms with van der Waals surface area (Å²) in [5.41, 5.74) is -0.275. The maximum absolute atomic E-state index is 12.7. The zero-order valence-electron chi connectivity index (χ0n) is 17.0. The Hall–Kier alpha value is -1.39. The van der Waals surface area contributed by atoms with E-state index >= 15 is 0 Å². The Kier molecular flexibility index (Phi) is 4.25. The maximum atomic E-state index is 12.7. The third kappa shape index (κ3) is 2.52. The largest absolute Gasteiger partial charge is 0.425 e. The third-order valence-electron chi connectivity index (χ3n) is 8.74. The van der Waals surface area contributed by atoms with E-state index in [9.17, 15) is 14.4 Å². The molecule has 3 aliphatic carbocycles. The van der Waals surface area contributed by atoms with Gasteiger partial charge >= 0.3 is 11.9 Å². The van der Waals surface area contributed by atoms with Gasteiger partial charge in [0.25, 0.3) is 6.29 Å². The minimum absolute atomic E-state index is 0.0816. The van der Waals surface area contributed by atoms with Crippen LogP contribution < -0.4 is 0 Å². The van der Waals surface area contributed by atoms with Crippen LogP contribution in [-0.2, 0) is 23.9 Å². The van der Waals surface area contributed by atoms with Gasteiger partial charge in [-0.2, -0.15) is 0 Å². The molecule has 27 heavy (non-hydrogen) atoms. The number of aldehydes is 1. The fourth-order valence-electron chi connectivity index (χ4n) is 7.85. The summed E-state index contributed by atoms with van der Waals surface area (Å²) in [6.45, 7) is 8.45. The van der Waals surface area contributed by atoms with Crippen molar-refractivity contribution in [3.05, 3.63) is 0 Å². The molecule has 150 valence electrons. The van der Waals surface area contributed by atoms with Gasteiger partial charge in [-0.15, -0.1) is 0 Å². The first kappa shape index (κ1) is 18.9. The molecule has 0 aromatic heterocycles. The molecule has 0 aromatic carbocycles. The summed E-state index contributed by atoms with van der Waals surface area (Å²) >= 11 is 0. The minimum atomic E-state index is -0.912. The van der Waals surface area contributed by atoms with Crippen molar-refractivity contribution in [3.63, 3.8) is 0 Å². The molecule has 4 fully saturated rings. The van der Waals surface area contributed by atoms with Gasteiger partial charge in [0.05, 0.1) is 11.8 Å². The van der Waals surface area contributed by atoms with Crippen molar-refractivity contribution in [2.45, 2.75) is 78.9 Å². The number of hydrogen-bond acceptors (Lipinski definition) is 5. The molecule has 0 amide bonds. The van der Waals surface area contributed by atoms with E-state index in [0.717, 1.165) is 38.4 Å². The SMILES string of the molecule is CC(=O)O[C@H]1OC(=O)[C@@H]2CCC3[C@@]4(C)CCCC(C)(C)[C@@H]4CC[C@@]3(C=O)[C@H]12. The molecule has 4 rings (SSSR count). The van der Waals surface area contributed by atoms with Gasteiger partial charge in [0.1, 0.15) is 6.29 Å². The fraction of sp³-hybridized carbons (Fsp3) is 0.864. The predicted molar refractivity (Wildman–Crippen MR) is 98.3 cm³/mol. The van der Waals surface area contributed by atoms with E-state index < -0.39 is 17.7 Å². The standard InChI is InChI=1S/C22H32O5/c1-13(24)26-19-17-14(18(25)27-19)6-7-16-21(4)10-5-9-20(2,3)15(21)8-11-22(16,17)12-23/h12,14-17,19H,5-11H2,1-4H3/t14-,15+,16?,17+,19+,21+,22+/m1/s1. The number of carbonyl (C=O) groups is 3. The molecule has 1 aliphatic heterocycles. The number of fused-ring (bicyclic) bond motifs is 5. The van der Waals surface area contributed by atoms with Crippen LogP contribution in [0.3, 0.4) is 0 Å². The molecule has 5 heteroatoms.